The smallest absolute Gasteiger partial charge is 0.242 e. The van der Waals surface area contributed by atoms with Crippen LogP contribution in [-0.2, 0) is 26.0 Å². The summed E-state index contributed by atoms with van der Waals surface area (Å²) >= 11 is 0. The van der Waals surface area contributed by atoms with Crippen molar-refractivity contribution in [3.8, 4) is 0 Å². The van der Waals surface area contributed by atoms with Gasteiger partial charge in [-0.15, -0.1) is 0 Å². The second-order valence-corrected chi connectivity index (χ2v) is 11.8. The first-order valence-corrected chi connectivity index (χ1v) is 14.4. The number of carbonyl (C=O) groups excluding carboxylic acids is 2. The fourth-order valence-corrected chi connectivity index (χ4v) is 4.86. The molecule has 36 heavy (non-hydrogen) atoms. The van der Waals surface area contributed by atoms with Gasteiger partial charge in [-0.1, -0.05) is 50.2 Å². The molecule has 7 nitrogen and oxygen atoms in total. The van der Waals surface area contributed by atoms with Crippen LogP contribution in [0.2, 0.25) is 0 Å². The van der Waals surface area contributed by atoms with Crippen LogP contribution in [0.15, 0.2) is 48.5 Å². The molecule has 0 aliphatic rings. The first kappa shape index (κ1) is 29.4. The maximum atomic E-state index is 13.3. The fourth-order valence-electron chi connectivity index (χ4n) is 3.91. The topological polar surface area (TPSA) is 86.8 Å². The van der Waals surface area contributed by atoms with E-state index >= 15 is 0 Å². The highest BCUT2D eigenvalue weighted by molar-refractivity contribution is 7.92. The number of rotatable bonds is 13. The lowest BCUT2D eigenvalue weighted by Gasteiger charge is -2.29. The van der Waals surface area contributed by atoms with E-state index in [2.05, 4.69) is 5.32 Å². The second kappa shape index (κ2) is 13.4. The average Bonchev–Trinajstić information content (AvgIpc) is 2.82. The molecule has 0 unspecified atom stereocenters. The number of aryl methyl sites for hydroxylation is 2. The molecule has 2 aromatic rings. The first-order chi connectivity index (χ1) is 16.9. The van der Waals surface area contributed by atoms with Crippen LogP contribution in [0.3, 0.4) is 0 Å². The van der Waals surface area contributed by atoms with Crippen molar-refractivity contribution in [3.05, 3.63) is 65.2 Å². The number of nitrogens with one attached hydrogen (secondary N) is 1. The van der Waals surface area contributed by atoms with Crippen molar-refractivity contribution in [2.24, 2.45) is 5.92 Å². The maximum Gasteiger partial charge on any atom is 0.242 e. The monoisotopic (exact) mass is 515 g/mol. The van der Waals surface area contributed by atoms with E-state index in [1.165, 1.54) is 10.6 Å². The molecule has 0 saturated heterocycles. The number of hydrogen-bond donors (Lipinski definition) is 1. The number of amides is 2. The predicted octanol–water partition coefficient (Wildman–Crippen LogP) is 4.08. The molecule has 2 aromatic carbocycles. The van der Waals surface area contributed by atoms with Gasteiger partial charge in [-0.3, -0.25) is 13.9 Å². The normalized spacial score (nSPS) is 12.3. The number of sulfonamides is 1. The molecule has 8 heteroatoms. The molecule has 0 fully saturated rings. The van der Waals surface area contributed by atoms with Gasteiger partial charge in [0.1, 0.15) is 6.04 Å². The Labute approximate surface area is 216 Å². The Morgan fingerprint density at radius 3 is 2.19 bits per heavy atom. The van der Waals surface area contributed by atoms with Crippen LogP contribution < -0.4 is 9.62 Å². The molecule has 198 valence electrons. The lowest BCUT2D eigenvalue weighted by molar-refractivity contribution is -0.140. The van der Waals surface area contributed by atoms with E-state index in [0.29, 0.717) is 37.5 Å². The molecule has 0 aliphatic carbocycles. The van der Waals surface area contributed by atoms with Crippen molar-refractivity contribution in [1.82, 2.24) is 10.2 Å². The van der Waals surface area contributed by atoms with Crippen molar-refractivity contribution in [2.45, 2.75) is 59.9 Å². The number of carbonyl (C=O) groups is 2. The van der Waals surface area contributed by atoms with Gasteiger partial charge in [0.05, 0.1) is 11.9 Å². The Balaban J connectivity index is 2.11. The van der Waals surface area contributed by atoms with Gasteiger partial charge in [-0.05, 0) is 68.4 Å². The third-order valence-corrected chi connectivity index (χ3v) is 7.46. The number of hydrogen-bond acceptors (Lipinski definition) is 4. The first-order valence-electron chi connectivity index (χ1n) is 12.6. The predicted molar refractivity (Wildman–Crippen MR) is 147 cm³/mol. The van der Waals surface area contributed by atoms with Crippen LogP contribution >= 0.6 is 0 Å². The molecule has 1 atom stereocenters. The standard InChI is InChI=1S/C28H41N3O4S/c1-21(2)20-29-28(33)24(5)30(18-16-25-11-8-7-9-12-25)27(32)13-10-17-31(36(6,34)35)26-15-14-22(3)23(4)19-26/h7-9,11-12,14-15,19,21,24H,10,13,16-18,20H2,1-6H3,(H,29,33)/t24-/m0/s1. The molecule has 0 radical (unpaired) electrons. The SMILES string of the molecule is Cc1ccc(N(CCCC(=O)N(CCc2ccccc2)[C@@H](C)C(=O)NCC(C)C)S(C)(=O)=O)cc1C. The van der Waals surface area contributed by atoms with Crippen LogP contribution in [0.4, 0.5) is 5.69 Å². The lowest BCUT2D eigenvalue weighted by atomic mass is 10.1. The Bertz CT molecular complexity index is 1120. The molecule has 0 bridgehead atoms. The van der Waals surface area contributed by atoms with Gasteiger partial charge in [-0.25, -0.2) is 8.42 Å². The molecule has 1 N–H and O–H groups in total. The largest absolute Gasteiger partial charge is 0.354 e. The van der Waals surface area contributed by atoms with Gasteiger partial charge in [0, 0.05) is 26.1 Å². The summed E-state index contributed by atoms with van der Waals surface area (Å²) in [5.74, 6) is -0.0355. The molecule has 0 spiro atoms. The highest BCUT2D eigenvalue weighted by Gasteiger charge is 2.26. The van der Waals surface area contributed by atoms with Gasteiger partial charge < -0.3 is 10.2 Å². The van der Waals surface area contributed by atoms with Crippen LogP contribution in [0, 0.1) is 19.8 Å². The zero-order valence-corrected chi connectivity index (χ0v) is 23.3. The summed E-state index contributed by atoms with van der Waals surface area (Å²) in [7, 11) is -3.51. The van der Waals surface area contributed by atoms with Crippen LogP contribution in [0.25, 0.3) is 0 Å². The van der Waals surface area contributed by atoms with E-state index in [4.69, 9.17) is 0 Å². The highest BCUT2D eigenvalue weighted by atomic mass is 32.2. The van der Waals surface area contributed by atoms with Crippen LogP contribution in [0.5, 0.6) is 0 Å². The van der Waals surface area contributed by atoms with E-state index < -0.39 is 16.1 Å². The van der Waals surface area contributed by atoms with Crippen molar-refractivity contribution >= 4 is 27.5 Å². The molecule has 0 aromatic heterocycles. The number of nitrogens with zero attached hydrogens (tertiary/aromatic N) is 2. The fraction of sp³-hybridized carbons (Fsp3) is 0.500. The summed E-state index contributed by atoms with van der Waals surface area (Å²) in [6.07, 6.45) is 2.30. The van der Waals surface area contributed by atoms with Gasteiger partial charge in [0.2, 0.25) is 21.8 Å². The highest BCUT2D eigenvalue weighted by Crippen LogP contribution is 2.22. The third-order valence-electron chi connectivity index (χ3n) is 6.27. The average molecular weight is 516 g/mol. The molecule has 0 heterocycles. The van der Waals surface area contributed by atoms with E-state index in [0.717, 1.165) is 16.7 Å². The molecule has 2 rings (SSSR count). The second-order valence-electron chi connectivity index (χ2n) is 9.84. The van der Waals surface area contributed by atoms with Crippen molar-refractivity contribution in [1.29, 1.82) is 0 Å². The number of anilines is 1. The molecular weight excluding hydrogens is 474 g/mol. The molecule has 0 saturated carbocycles. The lowest BCUT2D eigenvalue weighted by Crippen LogP contribution is -2.49. The minimum absolute atomic E-state index is 0.146. The minimum Gasteiger partial charge on any atom is -0.354 e. The van der Waals surface area contributed by atoms with Crippen LogP contribution in [0.1, 0.15) is 50.3 Å². The van der Waals surface area contributed by atoms with E-state index in [-0.39, 0.29) is 24.8 Å². The molecular formula is C28H41N3O4S. The zero-order chi connectivity index (χ0) is 26.9. The van der Waals surface area contributed by atoms with E-state index in [9.17, 15) is 18.0 Å². The Morgan fingerprint density at radius 2 is 1.61 bits per heavy atom. The summed E-state index contributed by atoms with van der Waals surface area (Å²) in [6, 6.07) is 14.8. The Kier molecular flexibility index (Phi) is 11.0. The van der Waals surface area contributed by atoms with E-state index in [1.807, 2.05) is 70.2 Å². The van der Waals surface area contributed by atoms with E-state index in [1.54, 1.807) is 17.9 Å². The Hall–Kier alpha value is -2.87. The summed E-state index contributed by atoms with van der Waals surface area (Å²) in [5.41, 5.74) is 3.77. The van der Waals surface area contributed by atoms with Crippen molar-refractivity contribution in [3.63, 3.8) is 0 Å². The van der Waals surface area contributed by atoms with Crippen molar-refractivity contribution in [2.75, 3.05) is 30.2 Å². The minimum atomic E-state index is -3.51. The summed E-state index contributed by atoms with van der Waals surface area (Å²) in [4.78, 5) is 27.7. The van der Waals surface area contributed by atoms with Crippen molar-refractivity contribution < 1.29 is 18.0 Å². The molecule has 0 aliphatic heterocycles. The van der Waals surface area contributed by atoms with Gasteiger partial charge in [0.15, 0.2) is 0 Å². The van der Waals surface area contributed by atoms with Gasteiger partial charge >= 0.3 is 0 Å². The van der Waals surface area contributed by atoms with Crippen LogP contribution in [-0.4, -0.2) is 57.1 Å². The summed E-state index contributed by atoms with van der Waals surface area (Å²) in [5, 5.41) is 2.92. The summed E-state index contributed by atoms with van der Waals surface area (Å²) in [6.45, 7) is 10.8. The maximum absolute atomic E-state index is 13.3. The Morgan fingerprint density at radius 1 is 0.944 bits per heavy atom. The quantitative estimate of drug-likeness (QED) is 0.436. The molecule has 2 amide bonds. The zero-order valence-electron chi connectivity index (χ0n) is 22.5. The van der Waals surface area contributed by atoms with Gasteiger partial charge in [-0.2, -0.15) is 0 Å². The third kappa shape index (κ3) is 8.97. The number of benzene rings is 2. The van der Waals surface area contributed by atoms with Gasteiger partial charge in [0.25, 0.3) is 0 Å². The summed E-state index contributed by atoms with van der Waals surface area (Å²) < 4.78 is 26.3.